The van der Waals surface area contributed by atoms with Gasteiger partial charge in [0.1, 0.15) is 0 Å². The van der Waals surface area contributed by atoms with E-state index < -0.39 is 0 Å². The highest BCUT2D eigenvalue weighted by molar-refractivity contribution is 5.94. The van der Waals surface area contributed by atoms with Gasteiger partial charge >= 0.3 is 0 Å². The van der Waals surface area contributed by atoms with Gasteiger partial charge in [0.05, 0.1) is 0 Å². The first kappa shape index (κ1) is 11.1. The second-order valence-electron chi connectivity index (χ2n) is 2.48. The van der Waals surface area contributed by atoms with E-state index in [9.17, 15) is 0 Å². The van der Waals surface area contributed by atoms with Crippen LogP contribution in [0.25, 0.3) is 0 Å². The van der Waals surface area contributed by atoms with Crippen molar-refractivity contribution in [2.45, 2.75) is 19.8 Å². The Kier molecular flexibility index (Phi) is 5.32. The van der Waals surface area contributed by atoms with Gasteiger partial charge in [-0.1, -0.05) is 19.9 Å². The lowest BCUT2D eigenvalue weighted by Gasteiger charge is -2.23. The van der Waals surface area contributed by atoms with E-state index in [1.54, 1.807) is 14.1 Å². The Morgan fingerprint density at radius 3 is 2.25 bits per heavy atom. The smallest absolute Gasteiger partial charge is 0.153 e. The van der Waals surface area contributed by atoms with Gasteiger partial charge in [0, 0.05) is 14.1 Å². The molecule has 70 valence electrons. The van der Waals surface area contributed by atoms with Crippen molar-refractivity contribution in [3.8, 4) is 0 Å². The van der Waals surface area contributed by atoms with E-state index in [0.29, 0.717) is 5.84 Å². The maximum atomic E-state index is 7.66. The zero-order valence-corrected chi connectivity index (χ0v) is 8.07. The molecule has 4 nitrogen and oxygen atoms in total. The normalized spacial score (nSPS) is 9.58. The molecule has 0 saturated carbocycles. The van der Waals surface area contributed by atoms with E-state index in [0.717, 1.165) is 18.4 Å². The zero-order valence-electron chi connectivity index (χ0n) is 8.07. The first-order valence-corrected chi connectivity index (χ1v) is 4.09. The quantitative estimate of drug-likeness (QED) is 0.326. The molecule has 0 aromatic rings. The lowest BCUT2D eigenvalue weighted by molar-refractivity contribution is 0.264. The fraction of sp³-hybridized carbons (Fsp3) is 0.625. The number of nitrogens with zero attached hydrogens (tertiary/aromatic N) is 1. The summed E-state index contributed by atoms with van der Waals surface area (Å²) in [5.41, 5.74) is 6.49. The average molecular weight is 170 g/mol. The fourth-order valence-corrected chi connectivity index (χ4v) is 0.914. The second-order valence-corrected chi connectivity index (χ2v) is 2.48. The molecule has 0 unspecified atom stereocenters. The van der Waals surface area contributed by atoms with Crippen LogP contribution in [0.2, 0.25) is 0 Å². The van der Waals surface area contributed by atoms with Gasteiger partial charge in [-0.2, -0.15) is 0 Å². The maximum Gasteiger partial charge on any atom is 0.153 e. The third-order valence-electron chi connectivity index (χ3n) is 1.56. The Morgan fingerprint density at radius 2 is 1.92 bits per heavy atom. The fourth-order valence-electron chi connectivity index (χ4n) is 0.914. The van der Waals surface area contributed by atoms with Crippen molar-refractivity contribution in [1.82, 2.24) is 16.0 Å². The molecule has 4 heteroatoms. The molecule has 0 aliphatic carbocycles. The molecule has 0 atom stereocenters. The highest BCUT2D eigenvalue weighted by atomic mass is 15.7. The Labute approximate surface area is 74.1 Å². The van der Waals surface area contributed by atoms with Crippen molar-refractivity contribution in [2.24, 2.45) is 0 Å². The van der Waals surface area contributed by atoms with Gasteiger partial charge in [0.25, 0.3) is 0 Å². The number of amidine groups is 1. The monoisotopic (exact) mass is 170 g/mol. The maximum absolute atomic E-state index is 7.66. The Hall–Kier alpha value is -0.870. The summed E-state index contributed by atoms with van der Waals surface area (Å²) in [6.07, 6.45) is 1.88. The third kappa shape index (κ3) is 3.02. The molecule has 0 aromatic carbocycles. The van der Waals surface area contributed by atoms with Crippen LogP contribution in [0.4, 0.5) is 0 Å². The minimum Gasteiger partial charge on any atom is -0.282 e. The lowest BCUT2D eigenvalue weighted by Crippen LogP contribution is -2.48. The van der Waals surface area contributed by atoms with Gasteiger partial charge in [-0.15, -0.1) is 0 Å². The summed E-state index contributed by atoms with van der Waals surface area (Å²) in [5, 5.41) is 9.18. The van der Waals surface area contributed by atoms with Crippen LogP contribution in [0.15, 0.2) is 12.2 Å². The molecule has 0 heterocycles. The third-order valence-corrected chi connectivity index (χ3v) is 1.56. The minimum atomic E-state index is 0.391. The number of hydrogen-bond acceptors (Lipinski definition) is 3. The van der Waals surface area contributed by atoms with Crippen LogP contribution >= 0.6 is 0 Å². The van der Waals surface area contributed by atoms with E-state index in [1.807, 2.05) is 0 Å². The number of rotatable bonds is 5. The van der Waals surface area contributed by atoms with E-state index in [-0.39, 0.29) is 0 Å². The molecule has 0 rings (SSSR count). The van der Waals surface area contributed by atoms with Crippen molar-refractivity contribution in [2.75, 3.05) is 14.1 Å². The molecule has 0 aliphatic heterocycles. The molecule has 0 aromatic heterocycles. The van der Waals surface area contributed by atoms with Crippen molar-refractivity contribution in [1.29, 1.82) is 5.41 Å². The molecule has 0 radical (unpaired) electrons. The predicted octanol–water partition coefficient (Wildman–Crippen LogP) is 0.891. The van der Waals surface area contributed by atoms with E-state index in [1.165, 1.54) is 5.12 Å². The van der Waals surface area contributed by atoms with Crippen LogP contribution in [0, 0.1) is 5.41 Å². The van der Waals surface area contributed by atoms with Gasteiger partial charge in [0.2, 0.25) is 0 Å². The minimum absolute atomic E-state index is 0.391. The molecule has 12 heavy (non-hydrogen) atoms. The van der Waals surface area contributed by atoms with E-state index in [2.05, 4.69) is 24.4 Å². The molecule has 0 amide bonds. The van der Waals surface area contributed by atoms with Crippen LogP contribution < -0.4 is 10.9 Å². The zero-order chi connectivity index (χ0) is 9.56. The predicted molar refractivity (Wildman–Crippen MR) is 51.7 cm³/mol. The molecule has 0 fully saturated rings. The van der Waals surface area contributed by atoms with Gasteiger partial charge in [-0.3, -0.25) is 5.41 Å². The number of hydrogen-bond donors (Lipinski definition) is 3. The number of nitrogens with one attached hydrogen (secondary N) is 3. The standard InChI is InChI=1S/C8H18N4/c1-5-6-7(2)8(9)12(10-3)11-4/h9-11H,2,5-6H2,1,3-4H3. The topological polar surface area (TPSA) is 51.2 Å². The van der Waals surface area contributed by atoms with Gasteiger partial charge in [-0.25, -0.2) is 16.0 Å². The van der Waals surface area contributed by atoms with Gasteiger partial charge in [0.15, 0.2) is 5.84 Å². The largest absolute Gasteiger partial charge is 0.282 e. The van der Waals surface area contributed by atoms with Crippen LogP contribution in [0.5, 0.6) is 0 Å². The summed E-state index contributed by atoms with van der Waals surface area (Å²) >= 11 is 0. The molecule has 0 aliphatic rings. The second kappa shape index (κ2) is 5.74. The first-order valence-electron chi connectivity index (χ1n) is 4.09. The van der Waals surface area contributed by atoms with E-state index in [4.69, 9.17) is 5.41 Å². The Bertz CT molecular complexity index is 160. The highest BCUT2D eigenvalue weighted by Gasteiger charge is 2.07. The molecular formula is C8H18N4. The summed E-state index contributed by atoms with van der Waals surface area (Å²) in [7, 11) is 3.51. The van der Waals surface area contributed by atoms with Crippen molar-refractivity contribution in [3.63, 3.8) is 0 Å². The SMILES string of the molecule is C=C(CCC)C(=N)N(NC)NC. The Balaban J connectivity index is 4.07. The lowest BCUT2D eigenvalue weighted by atomic mass is 10.1. The first-order chi connectivity index (χ1) is 5.67. The molecule has 0 bridgehead atoms. The van der Waals surface area contributed by atoms with Crippen molar-refractivity contribution < 1.29 is 0 Å². The molecule has 0 spiro atoms. The number of hydrazine groups is 2. The molecule has 3 N–H and O–H groups in total. The summed E-state index contributed by atoms with van der Waals surface area (Å²) in [5.74, 6) is 0.391. The Morgan fingerprint density at radius 1 is 1.42 bits per heavy atom. The van der Waals surface area contributed by atoms with Gasteiger partial charge < -0.3 is 0 Å². The average Bonchev–Trinajstić information content (AvgIpc) is 2.07. The van der Waals surface area contributed by atoms with Gasteiger partial charge in [-0.05, 0) is 12.0 Å². The van der Waals surface area contributed by atoms with Crippen LogP contribution in [-0.2, 0) is 0 Å². The molecular weight excluding hydrogens is 152 g/mol. The van der Waals surface area contributed by atoms with E-state index >= 15 is 0 Å². The summed E-state index contributed by atoms with van der Waals surface area (Å²) < 4.78 is 0. The van der Waals surface area contributed by atoms with Crippen molar-refractivity contribution >= 4 is 5.84 Å². The summed E-state index contributed by atoms with van der Waals surface area (Å²) in [6.45, 7) is 5.89. The highest BCUT2D eigenvalue weighted by Crippen LogP contribution is 2.03. The van der Waals surface area contributed by atoms with Crippen LogP contribution in [0.1, 0.15) is 19.8 Å². The van der Waals surface area contributed by atoms with Crippen LogP contribution in [-0.4, -0.2) is 25.0 Å². The summed E-state index contributed by atoms with van der Waals surface area (Å²) in [4.78, 5) is 0. The van der Waals surface area contributed by atoms with Crippen molar-refractivity contribution in [3.05, 3.63) is 12.2 Å². The molecule has 0 saturated heterocycles. The van der Waals surface area contributed by atoms with Crippen LogP contribution in [0.3, 0.4) is 0 Å². The summed E-state index contributed by atoms with van der Waals surface area (Å²) in [6, 6.07) is 0.